The maximum Gasteiger partial charge on any atom is 0.306 e. The molecule has 0 bridgehead atoms. The van der Waals surface area contributed by atoms with Crippen LogP contribution < -0.4 is 0 Å². The molecule has 1 atom stereocenters. The average Bonchev–Trinajstić information content (AvgIpc) is 3.24. The van der Waals surface area contributed by atoms with Crippen molar-refractivity contribution in [2.24, 2.45) is 0 Å². The molecule has 352 valence electrons. The first-order chi connectivity index (χ1) is 29.5. The second-order valence-corrected chi connectivity index (χ2v) is 17.8. The van der Waals surface area contributed by atoms with E-state index >= 15 is 0 Å². The highest BCUT2D eigenvalue weighted by molar-refractivity contribution is 5.71. The van der Waals surface area contributed by atoms with Gasteiger partial charge in [-0.25, -0.2) is 0 Å². The molecule has 0 aliphatic heterocycles. The van der Waals surface area contributed by atoms with E-state index in [0.717, 1.165) is 57.8 Å². The lowest BCUT2D eigenvalue weighted by atomic mass is 10.0. The minimum Gasteiger partial charge on any atom is -0.462 e. The highest BCUT2D eigenvalue weighted by Gasteiger charge is 2.19. The molecule has 0 amide bonds. The van der Waals surface area contributed by atoms with E-state index in [9.17, 15) is 14.4 Å². The number of carbonyl (C=O) groups excluding carboxylic acids is 3. The molecule has 6 nitrogen and oxygen atoms in total. The number of carbonyl (C=O) groups is 3. The van der Waals surface area contributed by atoms with Gasteiger partial charge in [-0.2, -0.15) is 0 Å². The second-order valence-electron chi connectivity index (χ2n) is 17.8. The Morgan fingerprint density at radius 3 is 0.917 bits per heavy atom. The van der Waals surface area contributed by atoms with Gasteiger partial charge in [0.05, 0.1) is 0 Å². The van der Waals surface area contributed by atoms with Crippen molar-refractivity contribution in [3.8, 4) is 0 Å². The fraction of sp³-hybridized carbons (Fsp3) is 0.870. The summed E-state index contributed by atoms with van der Waals surface area (Å²) in [6.45, 7) is 6.63. The Hall–Kier alpha value is -2.11. The summed E-state index contributed by atoms with van der Waals surface area (Å²) in [7, 11) is 0. The summed E-state index contributed by atoms with van der Waals surface area (Å²) >= 11 is 0. The third kappa shape index (κ3) is 46.9. The van der Waals surface area contributed by atoms with Crippen molar-refractivity contribution in [1.29, 1.82) is 0 Å². The molecule has 0 saturated heterocycles. The molecular formula is C54H100O6. The highest BCUT2D eigenvalue weighted by Crippen LogP contribution is 2.16. The topological polar surface area (TPSA) is 78.9 Å². The molecule has 0 heterocycles. The molecule has 0 spiro atoms. The van der Waals surface area contributed by atoms with Crippen molar-refractivity contribution in [3.63, 3.8) is 0 Å². The van der Waals surface area contributed by atoms with Crippen molar-refractivity contribution >= 4 is 17.9 Å². The smallest absolute Gasteiger partial charge is 0.306 e. The lowest BCUT2D eigenvalue weighted by Gasteiger charge is -2.18. The number of allylic oxidation sites excluding steroid dienone is 4. The van der Waals surface area contributed by atoms with Crippen molar-refractivity contribution in [1.82, 2.24) is 0 Å². The molecular weight excluding hydrogens is 745 g/mol. The molecule has 0 rings (SSSR count). The minimum atomic E-state index is -0.765. The summed E-state index contributed by atoms with van der Waals surface area (Å²) in [6, 6.07) is 0. The normalized spacial score (nSPS) is 12.1. The zero-order chi connectivity index (χ0) is 43.7. The van der Waals surface area contributed by atoms with Crippen LogP contribution >= 0.6 is 0 Å². The van der Waals surface area contributed by atoms with Gasteiger partial charge in [-0.05, 0) is 44.9 Å². The first-order valence-electron chi connectivity index (χ1n) is 26.4. The first-order valence-corrected chi connectivity index (χ1v) is 26.4. The zero-order valence-corrected chi connectivity index (χ0v) is 40.2. The Morgan fingerprint density at radius 1 is 0.333 bits per heavy atom. The molecule has 0 aliphatic rings. The molecule has 0 saturated carbocycles. The summed E-state index contributed by atoms with van der Waals surface area (Å²) in [5, 5.41) is 0. The maximum absolute atomic E-state index is 12.8. The molecule has 0 radical (unpaired) electrons. The molecule has 0 aliphatic carbocycles. The quantitative estimate of drug-likeness (QED) is 0.0263. The van der Waals surface area contributed by atoms with Gasteiger partial charge < -0.3 is 14.2 Å². The lowest BCUT2D eigenvalue weighted by Crippen LogP contribution is -2.30. The highest BCUT2D eigenvalue weighted by atomic mass is 16.6. The SMILES string of the molecule is CCCCC/C=C\C=C/CCCCCCCCCCCCC(=O)OCC(COC(=O)CCCCCCCCCCCCC)OC(=O)CCCCCCCCCCCCCC. The Bertz CT molecular complexity index is 973. The number of hydrogen-bond acceptors (Lipinski definition) is 6. The summed E-state index contributed by atoms with van der Waals surface area (Å²) in [4.78, 5) is 37.9. The van der Waals surface area contributed by atoms with E-state index in [1.807, 2.05) is 0 Å². The average molecular weight is 845 g/mol. The Morgan fingerprint density at radius 2 is 0.583 bits per heavy atom. The minimum absolute atomic E-state index is 0.0672. The van der Waals surface area contributed by atoms with Crippen LogP contribution in [0.4, 0.5) is 0 Å². The molecule has 0 aromatic carbocycles. The van der Waals surface area contributed by atoms with Gasteiger partial charge in [0, 0.05) is 19.3 Å². The van der Waals surface area contributed by atoms with Crippen LogP contribution in [0.3, 0.4) is 0 Å². The number of esters is 3. The van der Waals surface area contributed by atoms with Crippen molar-refractivity contribution in [3.05, 3.63) is 24.3 Å². The largest absolute Gasteiger partial charge is 0.462 e. The number of rotatable bonds is 48. The van der Waals surface area contributed by atoms with Crippen molar-refractivity contribution in [2.45, 2.75) is 290 Å². The maximum atomic E-state index is 12.8. The fourth-order valence-electron chi connectivity index (χ4n) is 7.73. The lowest BCUT2D eigenvalue weighted by molar-refractivity contribution is -0.167. The van der Waals surface area contributed by atoms with E-state index in [4.69, 9.17) is 14.2 Å². The predicted octanol–water partition coefficient (Wildman–Crippen LogP) is 17.2. The number of hydrogen-bond donors (Lipinski definition) is 0. The van der Waals surface area contributed by atoms with E-state index in [2.05, 4.69) is 45.1 Å². The van der Waals surface area contributed by atoms with E-state index in [-0.39, 0.29) is 31.1 Å². The van der Waals surface area contributed by atoms with E-state index in [1.165, 1.54) is 186 Å². The number of ether oxygens (including phenoxy) is 3. The zero-order valence-electron chi connectivity index (χ0n) is 40.2. The van der Waals surface area contributed by atoms with Crippen LogP contribution in [0, 0.1) is 0 Å². The Kier molecular flexibility index (Phi) is 47.8. The van der Waals surface area contributed by atoms with Crippen LogP contribution in [0.15, 0.2) is 24.3 Å². The van der Waals surface area contributed by atoms with E-state index < -0.39 is 6.10 Å². The summed E-state index contributed by atoms with van der Waals surface area (Å²) in [5.74, 6) is -0.857. The van der Waals surface area contributed by atoms with Gasteiger partial charge in [-0.1, -0.05) is 244 Å². The van der Waals surface area contributed by atoms with E-state index in [1.54, 1.807) is 0 Å². The van der Waals surface area contributed by atoms with Gasteiger partial charge in [0.15, 0.2) is 6.10 Å². The second kappa shape index (κ2) is 49.5. The molecule has 1 unspecified atom stereocenters. The summed E-state index contributed by atoms with van der Waals surface area (Å²) in [5.41, 5.74) is 0. The van der Waals surface area contributed by atoms with Gasteiger partial charge in [-0.3, -0.25) is 14.4 Å². The van der Waals surface area contributed by atoms with Gasteiger partial charge in [0.1, 0.15) is 13.2 Å². The van der Waals surface area contributed by atoms with Gasteiger partial charge >= 0.3 is 17.9 Å². The van der Waals surface area contributed by atoms with Gasteiger partial charge in [0.25, 0.3) is 0 Å². The summed E-state index contributed by atoms with van der Waals surface area (Å²) in [6.07, 6.45) is 55.9. The van der Waals surface area contributed by atoms with Crippen molar-refractivity contribution in [2.75, 3.05) is 13.2 Å². The molecule has 0 aromatic heterocycles. The van der Waals surface area contributed by atoms with Gasteiger partial charge in [0.2, 0.25) is 0 Å². The molecule has 60 heavy (non-hydrogen) atoms. The standard InChI is InChI=1S/C54H100O6/c1-4-7-10-13-16-19-22-24-25-26-27-28-29-30-33-35-38-41-44-47-53(56)59-50-51(49-58-52(55)46-43-40-37-34-31-21-18-15-12-9-6-3)60-54(57)48-45-42-39-36-32-23-20-17-14-11-8-5-2/h16,19,22,24,51H,4-15,17-18,20-21,23,25-50H2,1-3H3/b19-16-,24-22-. The molecule has 0 N–H and O–H groups in total. The van der Waals surface area contributed by atoms with Crippen LogP contribution in [0.25, 0.3) is 0 Å². The fourth-order valence-corrected chi connectivity index (χ4v) is 7.73. The third-order valence-electron chi connectivity index (χ3n) is 11.7. The Balaban J connectivity index is 4.28. The van der Waals surface area contributed by atoms with E-state index in [0.29, 0.717) is 19.3 Å². The van der Waals surface area contributed by atoms with Crippen LogP contribution in [0.2, 0.25) is 0 Å². The number of unbranched alkanes of at least 4 members (excludes halogenated alkanes) is 34. The molecule has 0 aromatic rings. The predicted molar refractivity (Wildman–Crippen MR) is 256 cm³/mol. The van der Waals surface area contributed by atoms with Gasteiger partial charge in [-0.15, -0.1) is 0 Å². The monoisotopic (exact) mass is 845 g/mol. The van der Waals surface area contributed by atoms with Crippen LogP contribution in [0.1, 0.15) is 284 Å². The first kappa shape index (κ1) is 57.9. The molecule has 0 fully saturated rings. The summed E-state index contributed by atoms with van der Waals surface area (Å²) < 4.78 is 16.8. The van der Waals surface area contributed by atoms with Crippen LogP contribution in [-0.4, -0.2) is 37.2 Å². The van der Waals surface area contributed by atoms with Crippen LogP contribution in [0.5, 0.6) is 0 Å². The van der Waals surface area contributed by atoms with Crippen LogP contribution in [-0.2, 0) is 28.6 Å². The third-order valence-corrected chi connectivity index (χ3v) is 11.7. The Labute approximate surface area is 373 Å². The van der Waals surface area contributed by atoms with Crippen molar-refractivity contribution < 1.29 is 28.6 Å². The molecule has 6 heteroatoms.